The standard InChI is InChI=1S/C21H21FN4S/c1-2-12-26-20(19(24-21(26)27)17-9-3-4-11-23-17)18-10-6-13-25(18)16-8-5-7-15(22)14-16/h3-11,13-14,19-20H,2,12H2,1H3,(H,24,27)/t19-,20+/m0/s1. The Bertz CT molecular complexity index is 940. The van der Waals surface area contributed by atoms with Crippen molar-refractivity contribution in [3.8, 4) is 5.69 Å². The summed E-state index contributed by atoms with van der Waals surface area (Å²) in [5, 5.41) is 4.17. The van der Waals surface area contributed by atoms with Gasteiger partial charge in [-0.3, -0.25) is 4.98 Å². The zero-order valence-corrected chi connectivity index (χ0v) is 15.9. The van der Waals surface area contributed by atoms with Crippen molar-refractivity contribution in [3.63, 3.8) is 0 Å². The summed E-state index contributed by atoms with van der Waals surface area (Å²) in [6.45, 7) is 2.98. The van der Waals surface area contributed by atoms with Gasteiger partial charge >= 0.3 is 0 Å². The molecule has 6 heteroatoms. The van der Waals surface area contributed by atoms with Gasteiger partial charge in [0.25, 0.3) is 0 Å². The van der Waals surface area contributed by atoms with E-state index in [1.807, 2.05) is 41.1 Å². The third kappa shape index (κ3) is 3.32. The molecule has 0 unspecified atom stereocenters. The number of hydrogen-bond acceptors (Lipinski definition) is 2. The van der Waals surface area contributed by atoms with Crippen LogP contribution in [0.1, 0.15) is 36.8 Å². The highest BCUT2D eigenvalue weighted by Gasteiger charge is 2.40. The van der Waals surface area contributed by atoms with E-state index in [0.717, 1.165) is 35.2 Å². The zero-order chi connectivity index (χ0) is 18.8. The number of halogens is 1. The second-order valence-corrected chi connectivity index (χ2v) is 6.99. The van der Waals surface area contributed by atoms with Crippen LogP contribution >= 0.6 is 12.2 Å². The molecule has 0 amide bonds. The maximum absolute atomic E-state index is 13.8. The van der Waals surface area contributed by atoms with Gasteiger partial charge in [-0.25, -0.2) is 4.39 Å². The van der Waals surface area contributed by atoms with Crippen molar-refractivity contribution >= 4 is 17.3 Å². The van der Waals surface area contributed by atoms with E-state index in [0.29, 0.717) is 0 Å². The van der Waals surface area contributed by atoms with Crippen LogP contribution in [0.2, 0.25) is 0 Å². The van der Waals surface area contributed by atoms with E-state index in [9.17, 15) is 4.39 Å². The molecule has 3 aromatic rings. The van der Waals surface area contributed by atoms with Crippen molar-refractivity contribution < 1.29 is 4.39 Å². The number of pyridine rings is 1. The molecule has 1 aromatic carbocycles. The van der Waals surface area contributed by atoms with Crippen molar-refractivity contribution in [1.82, 2.24) is 19.8 Å². The number of nitrogens with zero attached hydrogens (tertiary/aromatic N) is 3. The van der Waals surface area contributed by atoms with Crippen LogP contribution in [0.15, 0.2) is 67.0 Å². The van der Waals surface area contributed by atoms with Crippen molar-refractivity contribution in [2.24, 2.45) is 0 Å². The van der Waals surface area contributed by atoms with Gasteiger partial charge in [-0.1, -0.05) is 19.1 Å². The molecule has 1 aliphatic heterocycles. The summed E-state index contributed by atoms with van der Waals surface area (Å²) in [4.78, 5) is 6.76. The van der Waals surface area contributed by atoms with E-state index in [2.05, 4.69) is 28.2 Å². The van der Waals surface area contributed by atoms with E-state index in [-0.39, 0.29) is 17.9 Å². The minimum atomic E-state index is -0.251. The third-order valence-electron chi connectivity index (χ3n) is 4.83. The summed E-state index contributed by atoms with van der Waals surface area (Å²) in [5.41, 5.74) is 2.79. The molecule has 0 bridgehead atoms. The summed E-state index contributed by atoms with van der Waals surface area (Å²) in [6.07, 6.45) is 4.74. The van der Waals surface area contributed by atoms with Crippen LogP contribution in [-0.2, 0) is 0 Å². The Morgan fingerprint density at radius 2 is 2.04 bits per heavy atom. The van der Waals surface area contributed by atoms with Crippen LogP contribution in [0.4, 0.5) is 4.39 Å². The molecule has 0 aliphatic carbocycles. The first-order valence-electron chi connectivity index (χ1n) is 9.10. The van der Waals surface area contributed by atoms with Gasteiger partial charge in [-0.2, -0.15) is 0 Å². The van der Waals surface area contributed by atoms with Crippen molar-refractivity contribution in [2.75, 3.05) is 6.54 Å². The predicted molar refractivity (Wildman–Crippen MR) is 108 cm³/mol. The number of hydrogen-bond donors (Lipinski definition) is 1. The average molecular weight is 380 g/mol. The lowest BCUT2D eigenvalue weighted by Crippen LogP contribution is -2.31. The summed E-state index contributed by atoms with van der Waals surface area (Å²) in [5.74, 6) is -0.251. The Labute approximate surface area is 163 Å². The molecule has 4 rings (SSSR count). The second-order valence-electron chi connectivity index (χ2n) is 6.60. The first-order chi connectivity index (χ1) is 13.2. The first-order valence-corrected chi connectivity index (χ1v) is 9.51. The molecular weight excluding hydrogens is 359 g/mol. The Balaban J connectivity index is 1.81. The topological polar surface area (TPSA) is 33.1 Å². The van der Waals surface area contributed by atoms with Crippen LogP contribution < -0.4 is 5.32 Å². The Hall–Kier alpha value is -2.73. The number of aromatic nitrogens is 2. The number of nitrogens with one attached hydrogen (secondary N) is 1. The molecule has 4 nitrogen and oxygen atoms in total. The van der Waals surface area contributed by atoms with Gasteiger partial charge in [0.2, 0.25) is 0 Å². The second kappa shape index (κ2) is 7.48. The lowest BCUT2D eigenvalue weighted by Gasteiger charge is -2.28. The number of rotatable bonds is 5. The molecule has 2 atom stereocenters. The van der Waals surface area contributed by atoms with E-state index in [1.54, 1.807) is 18.3 Å². The highest BCUT2D eigenvalue weighted by Crippen LogP contribution is 2.39. The van der Waals surface area contributed by atoms with E-state index >= 15 is 0 Å². The molecule has 1 saturated heterocycles. The molecule has 138 valence electrons. The van der Waals surface area contributed by atoms with Gasteiger partial charge in [0, 0.05) is 30.3 Å². The predicted octanol–water partition coefficient (Wildman–Crippen LogP) is 4.39. The van der Waals surface area contributed by atoms with Crippen LogP contribution in [0.25, 0.3) is 5.69 Å². The highest BCUT2D eigenvalue weighted by atomic mass is 32.1. The Morgan fingerprint density at radius 3 is 2.78 bits per heavy atom. The lowest BCUT2D eigenvalue weighted by molar-refractivity contribution is 0.309. The molecule has 0 radical (unpaired) electrons. The number of thiocarbonyl (C=S) groups is 1. The fourth-order valence-electron chi connectivity index (χ4n) is 3.70. The maximum atomic E-state index is 13.8. The van der Waals surface area contributed by atoms with Crippen molar-refractivity contribution in [1.29, 1.82) is 0 Å². The van der Waals surface area contributed by atoms with E-state index in [4.69, 9.17) is 12.2 Å². The third-order valence-corrected chi connectivity index (χ3v) is 5.18. The van der Waals surface area contributed by atoms with Crippen LogP contribution in [-0.4, -0.2) is 26.1 Å². The van der Waals surface area contributed by atoms with Gasteiger partial charge in [-0.15, -0.1) is 0 Å². The quantitative estimate of drug-likeness (QED) is 0.666. The largest absolute Gasteiger partial charge is 0.352 e. The Kier molecular flexibility index (Phi) is 4.90. The fourth-order valence-corrected chi connectivity index (χ4v) is 4.04. The Morgan fingerprint density at radius 1 is 1.15 bits per heavy atom. The van der Waals surface area contributed by atoms with E-state index in [1.165, 1.54) is 6.07 Å². The van der Waals surface area contributed by atoms with Gasteiger partial charge < -0.3 is 14.8 Å². The smallest absolute Gasteiger partial charge is 0.170 e. The van der Waals surface area contributed by atoms with Gasteiger partial charge in [0.1, 0.15) is 5.82 Å². The molecule has 1 aliphatic rings. The summed E-state index contributed by atoms with van der Waals surface area (Å²) in [6, 6.07) is 16.5. The fraction of sp³-hybridized carbons (Fsp3) is 0.238. The normalized spacial score (nSPS) is 19.3. The SMILES string of the molecule is CCCN1C(=S)N[C@@H](c2ccccn2)[C@H]1c1cccn1-c1cccc(F)c1. The van der Waals surface area contributed by atoms with Crippen LogP contribution in [0.5, 0.6) is 0 Å². The van der Waals surface area contributed by atoms with Gasteiger partial charge in [-0.05, 0) is 61.1 Å². The molecule has 1 fully saturated rings. The van der Waals surface area contributed by atoms with Crippen LogP contribution in [0, 0.1) is 5.82 Å². The molecular formula is C21H21FN4S. The molecule has 2 aromatic heterocycles. The van der Waals surface area contributed by atoms with Crippen molar-refractivity contribution in [2.45, 2.75) is 25.4 Å². The lowest BCUT2D eigenvalue weighted by atomic mass is 10.0. The number of benzene rings is 1. The summed E-state index contributed by atoms with van der Waals surface area (Å²) >= 11 is 5.63. The first kappa shape index (κ1) is 17.7. The maximum Gasteiger partial charge on any atom is 0.170 e. The average Bonchev–Trinajstić information content (AvgIpc) is 3.28. The molecule has 0 spiro atoms. The molecule has 3 heterocycles. The van der Waals surface area contributed by atoms with Crippen LogP contribution in [0.3, 0.4) is 0 Å². The summed E-state index contributed by atoms with van der Waals surface area (Å²) < 4.78 is 15.8. The van der Waals surface area contributed by atoms with Gasteiger partial charge in [0.05, 0.1) is 17.8 Å². The zero-order valence-electron chi connectivity index (χ0n) is 15.0. The summed E-state index contributed by atoms with van der Waals surface area (Å²) in [7, 11) is 0. The monoisotopic (exact) mass is 380 g/mol. The molecule has 0 saturated carbocycles. The van der Waals surface area contributed by atoms with Crippen molar-refractivity contribution in [3.05, 3.63) is 84.2 Å². The molecule has 27 heavy (non-hydrogen) atoms. The minimum absolute atomic E-state index is 0.0226. The highest BCUT2D eigenvalue weighted by molar-refractivity contribution is 7.80. The van der Waals surface area contributed by atoms with E-state index < -0.39 is 0 Å². The minimum Gasteiger partial charge on any atom is -0.352 e. The molecule has 1 N–H and O–H groups in total. The van der Waals surface area contributed by atoms with Gasteiger partial charge in [0.15, 0.2) is 5.11 Å².